The van der Waals surface area contributed by atoms with Crippen LogP contribution in [0.4, 0.5) is 0 Å². The summed E-state index contributed by atoms with van der Waals surface area (Å²) in [6.45, 7) is 2.00. The molecule has 0 aliphatic rings. The van der Waals surface area contributed by atoms with Crippen LogP contribution in [0.15, 0.2) is 5.51 Å². The van der Waals surface area contributed by atoms with Gasteiger partial charge in [0.1, 0.15) is 0 Å². The molecule has 0 saturated heterocycles. The Balaban J connectivity index is 2.76. The van der Waals surface area contributed by atoms with Gasteiger partial charge in [-0.25, -0.2) is 4.98 Å². The van der Waals surface area contributed by atoms with Crippen LogP contribution in [0.1, 0.15) is 17.5 Å². The monoisotopic (exact) mass is 171 g/mol. The van der Waals surface area contributed by atoms with E-state index in [0.29, 0.717) is 5.69 Å². The third kappa shape index (κ3) is 2.01. The van der Waals surface area contributed by atoms with Gasteiger partial charge in [0.2, 0.25) is 0 Å². The van der Waals surface area contributed by atoms with Crippen molar-refractivity contribution in [1.29, 1.82) is 0 Å². The summed E-state index contributed by atoms with van der Waals surface area (Å²) < 4.78 is 0. The number of carbonyl (C=O) groups is 1. The molecule has 0 aliphatic carbocycles. The van der Waals surface area contributed by atoms with Gasteiger partial charge in [-0.2, -0.15) is 0 Å². The summed E-state index contributed by atoms with van der Waals surface area (Å²) in [5, 5.41) is 8.47. The Morgan fingerprint density at radius 3 is 3.09 bits per heavy atom. The third-order valence-electron chi connectivity index (χ3n) is 1.37. The predicted octanol–water partition coefficient (Wildman–Crippen LogP) is 1.33. The van der Waals surface area contributed by atoms with Gasteiger partial charge in [-0.3, -0.25) is 4.79 Å². The molecule has 0 bridgehead atoms. The average molecular weight is 171 g/mol. The molecule has 1 rings (SSSR count). The number of carboxylic acid groups (broad SMARTS) is 1. The van der Waals surface area contributed by atoms with Crippen molar-refractivity contribution in [3.63, 3.8) is 0 Å². The van der Waals surface area contributed by atoms with Gasteiger partial charge in [-0.05, 0) is 6.42 Å². The lowest BCUT2D eigenvalue weighted by atomic mass is 10.2. The van der Waals surface area contributed by atoms with Gasteiger partial charge in [0, 0.05) is 4.88 Å². The lowest BCUT2D eigenvalue weighted by Gasteiger charge is -1.93. The van der Waals surface area contributed by atoms with Crippen molar-refractivity contribution >= 4 is 17.3 Å². The van der Waals surface area contributed by atoms with E-state index in [0.717, 1.165) is 11.3 Å². The smallest absolute Gasteiger partial charge is 0.309 e. The van der Waals surface area contributed by atoms with Crippen molar-refractivity contribution in [3.05, 3.63) is 16.1 Å². The van der Waals surface area contributed by atoms with Crippen LogP contribution >= 0.6 is 11.3 Å². The molecule has 11 heavy (non-hydrogen) atoms. The highest BCUT2D eigenvalue weighted by Crippen LogP contribution is 2.13. The van der Waals surface area contributed by atoms with E-state index in [4.69, 9.17) is 5.11 Å². The Kier molecular flexibility index (Phi) is 2.59. The Labute approximate surface area is 68.7 Å². The van der Waals surface area contributed by atoms with Gasteiger partial charge < -0.3 is 5.11 Å². The topological polar surface area (TPSA) is 50.2 Å². The number of rotatable bonds is 3. The van der Waals surface area contributed by atoms with Crippen LogP contribution in [0.3, 0.4) is 0 Å². The molecular weight excluding hydrogens is 162 g/mol. The van der Waals surface area contributed by atoms with Gasteiger partial charge in [0.15, 0.2) is 0 Å². The standard InChI is InChI=1S/C7H9NO2S/c1-2-6-5(3-7(9)10)8-4-11-6/h4H,2-3H2,1H3,(H,9,10). The number of aliphatic carboxylic acids is 1. The zero-order valence-electron chi connectivity index (χ0n) is 6.20. The molecule has 0 radical (unpaired) electrons. The number of nitrogens with zero attached hydrogens (tertiary/aromatic N) is 1. The molecule has 0 aliphatic heterocycles. The lowest BCUT2D eigenvalue weighted by Crippen LogP contribution is -2.02. The third-order valence-corrected chi connectivity index (χ3v) is 2.38. The number of thiazole rings is 1. The van der Waals surface area contributed by atoms with Gasteiger partial charge in [0.25, 0.3) is 0 Å². The van der Waals surface area contributed by atoms with E-state index < -0.39 is 5.97 Å². The zero-order chi connectivity index (χ0) is 8.27. The van der Waals surface area contributed by atoms with E-state index in [2.05, 4.69) is 4.98 Å². The maximum atomic E-state index is 10.3. The first-order chi connectivity index (χ1) is 5.24. The molecule has 1 N–H and O–H groups in total. The molecule has 60 valence electrons. The minimum absolute atomic E-state index is 0.0483. The van der Waals surface area contributed by atoms with Crippen molar-refractivity contribution in [2.24, 2.45) is 0 Å². The van der Waals surface area contributed by atoms with Crippen LogP contribution in [0.25, 0.3) is 0 Å². The molecule has 0 spiro atoms. The lowest BCUT2D eigenvalue weighted by molar-refractivity contribution is -0.136. The molecule has 1 heterocycles. The van der Waals surface area contributed by atoms with Crippen molar-refractivity contribution in [3.8, 4) is 0 Å². The van der Waals surface area contributed by atoms with E-state index in [-0.39, 0.29) is 6.42 Å². The Bertz CT molecular complexity index is 257. The molecule has 0 fully saturated rings. The summed E-state index contributed by atoms with van der Waals surface area (Å²) in [6, 6.07) is 0. The summed E-state index contributed by atoms with van der Waals surface area (Å²) in [7, 11) is 0. The Hall–Kier alpha value is -0.900. The Morgan fingerprint density at radius 1 is 1.82 bits per heavy atom. The molecule has 0 unspecified atom stereocenters. The highest BCUT2D eigenvalue weighted by Gasteiger charge is 2.07. The van der Waals surface area contributed by atoms with Crippen molar-refractivity contribution in [1.82, 2.24) is 4.98 Å². The second-order valence-electron chi connectivity index (χ2n) is 2.15. The molecule has 1 aromatic heterocycles. The van der Waals surface area contributed by atoms with E-state index >= 15 is 0 Å². The van der Waals surface area contributed by atoms with Gasteiger partial charge in [0.05, 0.1) is 17.6 Å². The van der Waals surface area contributed by atoms with Crippen molar-refractivity contribution in [2.75, 3.05) is 0 Å². The molecule has 0 atom stereocenters. The SMILES string of the molecule is CCc1scnc1CC(=O)O. The second kappa shape index (κ2) is 3.48. The number of hydrogen-bond acceptors (Lipinski definition) is 3. The molecule has 4 heteroatoms. The molecule has 0 saturated carbocycles. The molecule has 0 amide bonds. The van der Waals surface area contributed by atoms with Crippen LogP contribution in [-0.4, -0.2) is 16.1 Å². The Morgan fingerprint density at radius 2 is 2.55 bits per heavy atom. The number of carboxylic acids is 1. The van der Waals surface area contributed by atoms with Gasteiger partial charge >= 0.3 is 5.97 Å². The second-order valence-corrected chi connectivity index (χ2v) is 3.09. The number of hydrogen-bond donors (Lipinski definition) is 1. The predicted molar refractivity (Wildman–Crippen MR) is 42.8 cm³/mol. The summed E-state index contributed by atoms with van der Waals surface area (Å²) in [4.78, 5) is 15.3. The number of aromatic nitrogens is 1. The number of aryl methyl sites for hydroxylation is 1. The first kappa shape index (κ1) is 8.20. The first-order valence-corrected chi connectivity index (χ1v) is 4.25. The molecular formula is C7H9NO2S. The summed E-state index contributed by atoms with van der Waals surface area (Å²) >= 11 is 1.52. The average Bonchev–Trinajstić information content (AvgIpc) is 2.34. The van der Waals surface area contributed by atoms with Crippen LogP contribution in [0.2, 0.25) is 0 Å². The normalized spacial score (nSPS) is 9.91. The van der Waals surface area contributed by atoms with Gasteiger partial charge in [-0.15, -0.1) is 11.3 Å². The highest BCUT2D eigenvalue weighted by atomic mass is 32.1. The van der Waals surface area contributed by atoms with Crippen LogP contribution in [0, 0.1) is 0 Å². The minimum Gasteiger partial charge on any atom is -0.481 e. The van der Waals surface area contributed by atoms with Crippen LogP contribution in [0.5, 0.6) is 0 Å². The quantitative estimate of drug-likeness (QED) is 0.746. The van der Waals surface area contributed by atoms with Crippen molar-refractivity contribution in [2.45, 2.75) is 19.8 Å². The van der Waals surface area contributed by atoms with E-state index in [1.807, 2.05) is 6.92 Å². The zero-order valence-corrected chi connectivity index (χ0v) is 7.02. The maximum Gasteiger partial charge on any atom is 0.309 e. The highest BCUT2D eigenvalue weighted by molar-refractivity contribution is 7.09. The van der Waals surface area contributed by atoms with E-state index in [9.17, 15) is 4.79 Å². The largest absolute Gasteiger partial charge is 0.481 e. The fourth-order valence-corrected chi connectivity index (χ4v) is 1.60. The fourth-order valence-electron chi connectivity index (χ4n) is 0.868. The van der Waals surface area contributed by atoms with Crippen molar-refractivity contribution < 1.29 is 9.90 Å². The van der Waals surface area contributed by atoms with E-state index in [1.54, 1.807) is 5.51 Å². The first-order valence-electron chi connectivity index (χ1n) is 3.37. The molecule has 1 aromatic rings. The molecule has 0 aromatic carbocycles. The van der Waals surface area contributed by atoms with E-state index in [1.165, 1.54) is 11.3 Å². The van der Waals surface area contributed by atoms with Crippen LogP contribution < -0.4 is 0 Å². The summed E-state index contributed by atoms with van der Waals surface area (Å²) in [6.07, 6.45) is 0.917. The van der Waals surface area contributed by atoms with Crippen LogP contribution in [-0.2, 0) is 17.6 Å². The fraction of sp³-hybridized carbons (Fsp3) is 0.429. The summed E-state index contributed by atoms with van der Waals surface area (Å²) in [5.41, 5.74) is 2.40. The van der Waals surface area contributed by atoms with Gasteiger partial charge in [-0.1, -0.05) is 6.92 Å². The minimum atomic E-state index is -0.814. The maximum absolute atomic E-state index is 10.3. The summed E-state index contributed by atoms with van der Waals surface area (Å²) in [5.74, 6) is -0.814. The molecule has 3 nitrogen and oxygen atoms in total.